The minimum absolute atomic E-state index is 0.0951. The van der Waals surface area contributed by atoms with E-state index in [1.54, 1.807) is 12.1 Å². The van der Waals surface area contributed by atoms with Crippen molar-refractivity contribution in [1.82, 2.24) is 0 Å². The zero-order valence-electron chi connectivity index (χ0n) is 11.0. The standard InChI is InChI=1S/C15H14N2O3/c1-11-3-2-4-12(7-11)9-16-14-6-5-13(10-18)8-15(14)17(19)20/h2-8,10,16H,9H2,1H3. The van der Waals surface area contributed by atoms with E-state index < -0.39 is 4.92 Å². The Morgan fingerprint density at radius 3 is 2.70 bits per heavy atom. The largest absolute Gasteiger partial charge is 0.375 e. The fraction of sp³-hybridized carbons (Fsp3) is 0.133. The van der Waals surface area contributed by atoms with Gasteiger partial charge in [-0.15, -0.1) is 0 Å². The van der Waals surface area contributed by atoms with Gasteiger partial charge in [0.15, 0.2) is 0 Å². The molecule has 0 spiro atoms. The molecular formula is C15H14N2O3. The summed E-state index contributed by atoms with van der Waals surface area (Å²) in [4.78, 5) is 21.2. The van der Waals surface area contributed by atoms with Gasteiger partial charge in [0, 0.05) is 18.2 Å². The first kappa shape index (κ1) is 13.7. The molecule has 1 N–H and O–H groups in total. The molecule has 0 bridgehead atoms. The van der Waals surface area contributed by atoms with E-state index in [0.29, 0.717) is 18.5 Å². The van der Waals surface area contributed by atoms with Crippen LogP contribution in [-0.4, -0.2) is 11.2 Å². The minimum Gasteiger partial charge on any atom is -0.375 e. The quantitative estimate of drug-likeness (QED) is 0.514. The topological polar surface area (TPSA) is 72.2 Å². The summed E-state index contributed by atoms with van der Waals surface area (Å²) in [5.74, 6) is 0. The zero-order chi connectivity index (χ0) is 14.5. The van der Waals surface area contributed by atoms with Gasteiger partial charge in [-0.2, -0.15) is 0 Å². The first-order valence-corrected chi connectivity index (χ1v) is 6.13. The van der Waals surface area contributed by atoms with Crippen LogP contribution < -0.4 is 5.32 Å². The number of carbonyl (C=O) groups is 1. The van der Waals surface area contributed by atoms with Crippen LogP contribution in [0.25, 0.3) is 0 Å². The van der Waals surface area contributed by atoms with Gasteiger partial charge >= 0.3 is 0 Å². The summed E-state index contributed by atoms with van der Waals surface area (Å²) in [5, 5.41) is 14.0. The minimum atomic E-state index is -0.494. The zero-order valence-corrected chi connectivity index (χ0v) is 11.0. The third-order valence-electron chi connectivity index (χ3n) is 2.92. The average molecular weight is 270 g/mol. The number of nitrogens with zero attached hydrogens (tertiary/aromatic N) is 1. The lowest BCUT2D eigenvalue weighted by Crippen LogP contribution is -2.03. The van der Waals surface area contributed by atoms with Crippen LogP contribution in [0.3, 0.4) is 0 Å². The van der Waals surface area contributed by atoms with Crippen LogP contribution in [0.4, 0.5) is 11.4 Å². The summed E-state index contributed by atoms with van der Waals surface area (Å²) in [6, 6.07) is 12.3. The molecule has 0 aliphatic heterocycles. The highest BCUT2D eigenvalue weighted by Crippen LogP contribution is 2.25. The lowest BCUT2D eigenvalue weighted by atomic mass is 10.1. The van der Waals surface area contributed by atoms with Gasteiger partial charge in [0.25, 0.3) is 5.69 Å². The van der Waals surface area contributed by atoms with Crippen LogP contribution in [0.5, 0.6) is 0 Å². The van der Waals surface area contributed by atoms with Gasteiger partial charge in [0.05, 0.1) is 4.92 Å². The Morgan fingerprint density at radius 2 is 2.05 bits per heavy atom. The van der Waals surface area contributed by atoms with Crippen molar-refractivity contribution in [2.75, 3.05) is 5.32 Å². The molecule has 2 rings (SSSR count). The van der Waals surface area contributed by atoms with E-state index in [2.05, 4.69) is 5.32 Å². The number of aryl methyl sites for hydroxylation is 1. The van der Waals surface area contributed by atoms with Crippen molar-refractivity contribution in [2.24, 2.45) is 0 Å². The molecule has 0 amide bonds. The predicted molar refractivity (Wildman–Crippen MR) is 77.0 cm³/mol. The molecule has 0 saturated carbocycles. The van der Waals surface area contributed by atoms with Crippen molar-refractivity contribution >= 4 is 17.7 Å². The first-order valence-electron chi connectivity index (χ1n) is 6.13. The molecule has 0 aromatic heterocycles. The molecule has 0 aliphatic rings. The predicted octanol–water partition coefficient (Wildman–Crippen LogP) is 3.33. The molecule has 0 aliphatic carbocycles. The molecule has 0 fully saturated rings. The van der Waals surface area contributed by atoms with E-state index in [0.717, 1.165) is 11.1 Å². The van der Waals surface area contributed by atoms with E-state index in [4.69, 9.17) is 0 Å². The van der Waals surface area contributed by atoms with Gasteiger partial charge in [-0.3, -0.25) is 14.9 Å². The second-order valence-corrected chi connectivity index (χ2v) is 4.49. The molecule has 102 valence electrons. The molecule has 0 heterocycles. The van der Waals surface area contributed by atoms with Crippen LogP contribution in [0.2, 0.25) is 0 Å². The van der Waals surface area contributed by atoms with Gasteiger partial charge < -0.3 is 5.32 Å². The fourth-order valence-electron chi connectivity index (χ4n) is 1.94. The van der Waals surface area contributed by atoms with Gasteiger partial charge in [-0.1, -0.05) is 29.8 Å². The molecule has 5 nitrogen and oxygen atoms in total. The Hall–Kier alpha value is -2.69. The highest BCUT2D eigenvalue weighted by Gasteiger charge is 2.14. The molecular weight excluding hydrogens is 256 g/mol. The summed E-state index contributed by atoms with van der Waals surface area (Å²) < 4.78 is 0. The highest BCUT2D eigenvalue weighted by molar-refractivity contribution is 5.79. The number of anilines is 1. The lowest BCUT2D eigenvalue weighted by Gasteiger charge is -2.08. The van der Waals surface area contributed by atoms with Crippen molar-refractivity contribution in [3.63, 3.8) is 0 Å². The fourth-order valence-corrected chi connectivity index (χ4v) is 1.94. The average Bonchev–Trinajstić information content (AvgIpc) is 2.45. The van der Waals surface area contributed by atoms with Crippen molar-refractivity contribution in [3.8, 4) is 0 Å². The van der Waals surface area contributed by atoms with Crippen molar-refractivity contribution in [3.05, 3.63) is 69.3 Å². The SMILES string of the molecule is Cc1cccc(CNc2ccc(C=O)cc2[N+](=O)[O-])c1. The Morgan fingerprint density at radius 1 is 1.25 bits per heavy atom. The number of nitrogens with one attached hydrogen (secondary N) is 1. The Kier molecular flexibility index (Phi) is 4.10. The molecule has 2 aromatic rings. The van der Waals surface area contributed by atoms with Crippen LogP contribution in [-0.2, 0) is 6.54 Å². The second-order valence-electron chi connectivity index (χ2n) is 4.49. The van der Waals surface area contributed by atoms with E-state index in [9.17, 15) is 14.9 Å². The smallest absolute Gasteiger partial charge is 0.293 e. The van der Waals surface area contributed by atoms with Gasteiger partial charge in [-0.05, 0) is 24.6 Å². The number of hydrogen-bond donors (Lipinski definition) is 1. The summed E-state index contributed by atoms with van der Waals surface area (Å²) in [6.45, 7) is 2.48. The molecule has 0 saturated heterocycles. The number of hydrogen-bond acceptors (Lipinski definition) is 4. The number of nitro benzene ring substituents is 1. The Balaban J connectivity index is 2.20. The summed E-state index contributed by atoms with van der Waals surface area (Å²) in [5.41, 5.74) is 2.77. The summed E-state index contributed by atoms with van der Waals surface area (Å²) in [7, 11) is 0. The normalized spacial score (nSPS) is 10.1. The third-order valence-corrected chi connectivity index (χ3v) is 2.92. The molecule has 0 unspecified atom stereocenters. The number of aldehydes is 1. The lowest BCUT2D eigenvalue weighted by molar-refractivity contribution is -0.384. The number of rotatable bonds is 5. The van der Waals surface area contributed by atoms with Gasteiger partial charge in [-0.25, -0.2) is 0 Å². The van der Waals surface area contributed by atoms with Crippen molar-refractivity contribution < 1.29 is 9.72 Å². The van der Waals surface area contributed by atoms with E-state index in [1.807, 2.05) is 31.2 Å². The van der Waals surface area contributed by atoms with Crippen molar-refractivity contribution in [1.29, 1.82) is 0 Å². The van der Waals surface area contributed by atoms with Crippen LogP contribution in [0.15, 0.2) is 42.5 Å². The van der Waals surface area contributed by atoms with E-state index in [1.165, 1.54) is 6.07 Å². The maximum Gasteiger partial charge on any atom is 0.293 e. The third kappa shape index (κ3) is 3.20. The molecule has 2 aromatic carbocycles. The molecule has 20 heavy (non-hydrogen) atoms. The van der Waals surface area contributed by atoms with Crippen molar-refractivity contribution in [2.45, 2.75) is 13.5 Å². The maximum atomic E-state index is 11.0. The molecule has 0 radical (unpaired) electrons. The van der Waals surface area contributed by atoms with E-state index >= 15 is 0 Å². The monoisotopic (exact) mass is 270 g/mol. The number of carbonyl (C=O) groups excluding carboxylic acids is 1. The van der Waals surface area contributed by atoms with Crippen LogP contribution in [0, 0.1) is 17.0 Å². The Labute approximate surface area is 116 Å². The van der Waals surface area contributed by atoms with Crippen LogP contribution >= 0.6 is 0 Å². The first-order chi connectivity index (χ1) is 9.60. The second kappa shape index (κ2) is 5.97. The summed E-state index contributed by atoms with van der Waals surface area (Å²) >= 11 is 0. The number of benzene rings is 2. The maximum absolute atomic E-state index is 11.0. The number of nitro groups is 1. The highest BCUT2D eigenvalue weighted by atomic mass is 16.6. The van der Waals surface area contributed by atoms with Gasteiger partial charge in [0.1, 0.15) is 12.0 Å². The Bertz CT molecular complexity index is 653. The van der Waals surface area contributed by atoms with Gasteiger partial charge in [0.2, 0.25) is 0 Å². The van der Waals surface area contributed by atoms with E-state index in [-0.39, 0.29) is 11.3 Å². The molecule has 0 atom stereocenters. The van der Waals surface area contributed by atoms with Crippen LogP contribution in [0.1, 0.15) is 21.5 Å². The molecule has 5 heteroatoms. The summed E-state index contributed by atoms with van der Waals surface area (Å²) in [6.07, 6.45) is 0.595.